The summed E-state index contributed by atoms with van der Waals surface area (Å²) in [4.78, 5) is 12.7. The monoisotopic (exact) mass is 458 g/mol. The third kappa shape index (κ3) is 6.93. The third-order valence-corrected chi connectivity index (χ3v) is 6.82. The first-order valence-electron chi connectivity index (χ1n) is 13.2. The topological polar surface area (TPSA) is 38.8 Å². The second-order valence-electron chi connectivity index (χ2n) is 9.54. The SMILES string of the molecule is CCCCCCCCCCCCc1ccccc1[C@H]1O[C@H]1C(=O)Oc1ccc2ccccc2c1. The van der Waals surface area contributed by atoms with Crippen molar-refractivity contribution >= 4 is 16.7 Å². The first kappa shape index (κ1) is 24.5. The number of unbranched alkanes of at least 4 members (excludes halogenated alkanes) is 9. The van der Waals surface area contributed by atoms with Gasteiger partial charge >= 0.3 is 5.97 Å². The Morgan fingerprint density at radius 3 is 2.18 bits per heavy atom. The smallest absolute Gasteiger partial charge is 0.343 e. The van der Waals surface area contributed by atoms with Crippen LogP contribution in [0.3, 0.4) is 0 Å². The van der Waals surface area contributed by atoms with Crippen molar-refractivity contribution < 1.29 is 14.3 Å². The maximum Gasteiger partial charge on any atom is 0.343 e. The summed E-state index contributed by atoms with van der Waals surface area (Å²) in [6.07, 6.45) is 13.7. The molecule has 1 aliphatic rings. The van der Waals surface area contributed by atoms with Gasteiger partial charge in [0.2, 0.25) is 0 Å². The lowest BCUT2D eigenvalue weighted by Crippen LogP contribution is -2.15. The van der Waals surface area contributed by atoms with Crippen molar-refractivity contribution in [1.82, 2.24) is 0 Å². The van der Waals surface area contributed by atoms with Crippen molar-refractivity contribution in [2.75, 3.05) is 0 Å². The van der Waals surface area contributed by atoms with Gasteiger partial charge in [-0.2, -0.15) is 0 Å². The van der Waals surface area contributed by atoms with E-state index in [4.69, 9.17) is 9.47 Å². The molecule has 2 atom stereocenters. The number of carbonyl (C=O) groups excluding carboxylic acids is 1. The number of benzene rings is 3. The van der Waals surface area contributed by atoms with E-state index in [1.54, 1.807) is 0 Å². The second-order valence-corrected chi connectivity index (χ2v) is 9.54. The van der Waals surface area contributed by atoms with Crippen LogP contribution in [-0.4, -0.2) is 12.1 Å². The molecule has 1 aliphatic heterocycles. The summed E-state index contributed by atoms with van der Waals surface area (Å²) in [5.74, 6) is 0.255. The van der Waals surface area contributed by atoms with Crippen LogP contribution >= 0.6 is 0 Å². The largest absolute Gasteiger partial charge is 0.425 e. The van der Waals surface area contributed by atoms with Crippen LogP contribution in [-0.2, 0) is 16.0 Å². The quantitative estimate of drug-likeness (QED) is 0.105. The summed E-state index contributed by atoms with van der Waals surface area (Å²) >= 11 is 0. The van der Waals surface area contributed by atoms with Crippen molar-refractivity contribution in [3.63, 3.8) is 0 Å². The van der Waals surface area contributed by atoms with Gasteiger partial charge in [0.15, 0.2) is 6.10 Å². The lowest BCUT2D eigenvalue weighted by atomic mass is 9.97. The molecule has 0 bridgehead atoms. The van der Waals surface area contributed by atoms with Crippen molar-refractivity contribution in [1.29, 1.82) is 0 Å². The standard InChI is InChI=1S/C31H38O3/c1-2-3-4-5-6-7-8-9-10-11-17-25-18-14-15-20-28(25)29-30(34-29)31(32)33-27-22-21-24-16-12-13-19-26(24)23-27/h12-16,18-23,29-30H,2-11,17H2,1H3/t29-,30-/m1/s1. The summed E-state index contributed by atoms with van der Waals surface area (Å²) in [5.41, 5.74) is 2.44. The van der Waals surface area contributed by atoms with Crippen LogP contribution in [0.5, 0.6) is 5.75 Å². The predicted octanol–water partition coefficient (Wildman–Crippen LogP) is 8.35. The van der Waals surface area contributed by atoms with E-state index < -0.39 is 6.10 Å². The number of rotatable bonds is 14. The van der Waals surface area contributed by atoms with Gasteiger partial charge < -0.3 is 9.47 Å². The van der Waals surface area contributed by atoms with E-state index in [1.807, 2.05) is 48.5 Å². The fourth-order valence-electron chi connectivity index (χ4n) is 4.78. The van der Waals surface area contributed by atoms with E-state index in [2.05, 4.69) is 25.1 Å². The van der Waals surface area contributed by atoms with Gasteiger partial charge in [0.1, 0.15) is 11.9 Å². The van der Waals surface area contributed by atoms with Crippen LogP contribution in [0.1, 0.15) is 88.4 Å². The molecule has 0 aliphatic carbocycles. The molecule has 3 nitrogen and oxygen atoms in total. The minimum Gasteiger partial charge on any atom is -0.425 e. The van der Waals surface area contributed by atoms with E-state index in [1.165, 1.54) is 69.8 Å². The highest BCUT2D eigenvalue weighted by Gasteiger charge is 2.48. The Bertz CT molecular complexity index is 1060. The molecule has 4 rings (SSSR count). The minimum absolute atomic E-state index is 0.188. The molecule has 3 aromatic rings. The highest BCUT2D eigenvalue weighted by molar-refractivity contribution is 5.86. The molecule has 1 fully saturated rings. The molecule has 0 amide bonds. The average Bonchev–Trinajstić information content (AvgIpc) is 3.66. The van der Waals surface area contributed by atoms with E-state index in [0.717, 1.165) is 22.8 Å². The first-order chi connectivity index (χ1) is 16.8. The fraction of sp³-hybridized carbons (Fsp3) is 0.452. The van der Waals surface area contributed by atoms with Crippen LogP contribution < -0.4 is 4.74 Å². The van der Waals surface area contributed by atoms with Gasteiger partial charge in [-0.05, 0) is 46.9 Å². The first-order valence-corrected chi connectivity index (χ1v) is 13.2. The molecule has 1 saturated heterocycles. The van der Waals surface area contributed by atoms with Crippen molar-refractivity contribution in [3.05, 3.63) is 77.9 Å². The van der Waals surface area contributed by atoms with Gasteiger partial charge in [-0.1, -0.05) is 119 Å². The lowest BCUT2D eigenvalue weighted by Gasteiger charge is -2.08. The van der Waals surface area contributed by atoms with Crippen molar-refractivity contribution in [2.45, 2.75) is 89.8 Å². The Morgan fingerprint density at radius 2 is 1.41 bits per heavy atom. The van der Waals surface area contributed by atoms with Crippen LogP contribution in [0.2, 0.25) is 0 Å². The number of aryl methyl sites for hydroxylation is 1. The Morgan fingerprint density at radius 1 is 0.765 bits per heavy atom. The summed E-state index contributed by atoms with van der Waals surface area (Å²) in [7, 11) is 0. The predicted molar refractivity (Wildman–Crippen MR) is 139 cm³/mol. The molecule has 34 heavy (non-hydrogen) atoms. The highest BCUT2D eigenvalue weighted by Crippen LogP contribution is 2.41. The summed E-state index contributed by atoms with van der Waals surface area (Å²) in [6, 6.07) is 22.2. The fourth-order valence-corrected chi connectivity index (χ4v) is 4.78. The molecule has 3 heteroatoms. The average molecular weight is 459 g/mol. The molecule has 0 aromatic heterocycles. The number of carbonyl (C=O) groups is 1. The maximum absolute atomic E-state index is 12.7. The van der Waals surface area contributed by atoms with E-state index in [-0.39, 0.29) is 12.1 Å². The second kappa shape index (κ2) is 12.7. The minimum atomic E-state index is -0.514. The molecule has 0 unspecified atom stereocenters. The van der Waals surface area contributed by atoms with Gasteiger partial charge in [0.25, 0.3) is 0 Å². The summed E-state index contributed by atoms with van der Waals surface area (Å²) in [5, 5.41) is 2.19. The van der Waals surface area contributed by atoms with Gasteiger partial charge in [-0.3, -0.25) is 0 Å². The van der Waals surface area contributed by atoms with Crippen LogP contribution in [0.15, 0.2) is 66.7 Å². The number of ether oxygens (including phenoxy) is 2. The van der Waals surface area contributed by atoms with Crippen LogP contribution in [0.25, 0.3) is 10.8 Å². The molecule has 0 radical (unpaired) electrons. The zero-order chi connectivity index (χ0) is 23.6. The van der Waals surface area contributed by atoms with Crippen LogP contribution in [0, 0.1) is 0 Å². The van der Waals surface area contributed by atoms with Crippen LogP contribution in [0.4, 0.5) is 0 Å². The molecule has 180 valence electrons. The van der Waals surface area contributed by atoms with Crippen molar-refractivity contribution in [3.8, 4) is 5.75 Å². The number of esters is 1. The molecule has 3 aromatic carbocycles. The van der Waals surface area contributed by atoms with Gasteiger partial charge in [-0.15, -0.1) is 0 Å². The highest BCUT2D eigenvalue weighted by atomic mass is 16.6. The number of hydrogen-bond acceptors (Lipinski definition) is 3. The number of epoxide rings is 1. The van der Waals surface area contributed by atoms with E-state index >= 15 is 0 Å². The Hall–Kier alpha value is -2.65. The molecular formula is C31H38O3. The van der Waals surface area contributed by atoms with Gasteiger partial charge in [0, 0.05) is 0 Å². The zero-order valence-electron chi connectivity index (χ0n) is 20.5. The van der Waals surface area contributed by atoms with Crippen molar-refractivity contribution in [2.24, 2.45) is 0 Å². The Labute approximate surface area is 204 Å². The molecule has 0 spiro atoms. The van der Waals surface area contributed by atoms with E-state index in [9.17, 15) is 4.79 Å². The maximum atomic E-state index is 12.7. The summed E-state index contributed by atoms with van der Waals surface area (Å²) < 4.78 is 11.4. The molecule has 0 saturated carbocycles. The third-order valence-electron chi connectivity index (χ3n) is 6.82. The zero-order valence-corrected chi connectivity index (χ0v) is 20.5. The summed E-state index contributed by atoms with van der Waals surface area (Å²) in [6.45, 7) is 2.27. The molecule has 0 N–H and O–H groups in total. The van der Waals surface area contributed by atoms with E-state index in [0.29, 0.717) is 5.75 Å². The molecular weight excluding hydrogens is 420 g/mol. The Balaban J connectivity index is 1.21. The molecule has 1 heterocycles. The number of hydrogen-bond donors (Lipinski definition) is 0. The van der Waals surface area contributed by atoms with Gasteiger partial charge in [0.05, 0.1) is 0 Å². The van der Waals surface area contributed by atoms with Gasteiger partial charge in [-0.25, -0.2) is 4.79 Å². The normalized spacial score (nSPS) is 17.1. The number of fused-ring (bicyclic) bond motifs is 1. The Kier molecular flexibility index (Phi) is 9.15. The lowest BCUT2D eigenvalue weighted by molar-refractivity contribution is -0.135.